The van der Waals surface area contributed by atoms with Crippen molar-refractivity contribution >= 4 is 17.4 Å². The molecule has 1 saturated heterocycles. The van der Waals surface area contributed by atoms with Crippen LogP contribution in [0.4, 0.5) is 0 Å². The Morgan fingerprint density at radius 3 is 2.46 bits per heavy atom. The molecular weight excluding hydrogens is 522 g/mol. The molecule has 0 aromatic heterocycles. The average molecular weight is 558 g/mol. The van der Waals surface area contributed by atoms with E-state index in [9.17, 15) is 14.7 Å². The molecule has 5 rings (SSSR count). The number of carbonyl (C=O) groups is 2. The predicted molar refractivity (Wildman–Crippen MR) is 155 cm³/mol. The van der Waals surface area contributed by atoms with Crippen LogP contribution in [-0.2, 0) is 16.0 Å². The van der Waals surface area contributed by atoms with Gasteiger partial charge in [0.15, 0.2) is 23.0 Å². The topological polar surface area (TPSA) is 94.5 Å². The van der Waals surface area contributed by atoms with E-state index in [-0.39, 0.29) is 17.9 Å². The van der Waals surface area contributed by atoms with Crippen molar-refractivity contribution in [3.63, 3.8) is 0 Å². The summed E-state index contributed by atoms with van der Waals surface area (Å²) in [6.45, 7) is 5.89. The third-order valence-corrected chi connectivity index (χ3v) is 7.30. The fourth-order valence-corrected chi connectivity index (χ4v) is 5.08. The number of hydrogen-bond donors (Lipinski definition) is 1. The Kier molecular flexibility index (Phi) is 8.47. The highest BCUT2D eigenvalue weighted by Gasteiger charge is 2.46. The van der Waals surface area contributed by atoms with E-state index in [1.54, 1.807) is 37.4 Å². The van der Waals surface area contributed by atoms with Gasteiger partial charge in [-0.1, -0.05) is 50.2 Å². The zero-order valence-electron chi connectivity index (χ0n) is 23.6. The van der Waals surface area contributed by atoms with E-state index in [0.29, 0.717) is 66.3 Å². The molecule has 1 N–H and O–H groups in total. The highest BCUT2D eigenvalue weighted by molar-refractivity contribution is 6.46. The third kappa shape index (κ3) is 6.01. The minimum Gasteiger partial charge on any atom is -0.507 e. The molecule has 2 heterocycles. The number of aliphatic hydroxyl groups excluding tert-OH is 1. The van der Waals surface area contributed by atoms with Gasteiger partial charge < -0.3 is 29.0 Å². The molecular formula is C33H35NO7. The maximum Gasteiger partial charge on any atom is 0.295 e. The zero-order valence-corrected chi connectivity index (χ0v) is 23.6. The fourth-order valence-electron chi connectivity index (χ4n) is 5.08. The molecule has 1 atom stereocenters. The maximum atomic E-state index is 13.5. The predicted octanol–water partition coefficient (Wildman–Crippen LogP) is 5.56. The summed E-state index contributed by atoms with van der Waals surface area (Å²) in [5.41, 5.74) is 2.03. The van der Waals surface area contributed by atoms with E-state index in [4.69, 9.17) is 18.9 Å². The van der Waals surface area contributed by atoms with Gasteiger partial charge >= 0.3 is 0 Å². The third-order valence-electron chi connectivity index (χ3n) is 7.30. The van der Waals surface area contributed by atoms with E-state index >= 15 is 0 Å². The lowest BCUT2D eigenvalue weighted by molar-refractivity contribution is -0.139. The quantitative estimate of drug-likeness (QED) is 0.198. The molecule has 41 heavy (non-hydrogen) atoms. The second-order valence-electron chi connectivity index (χ2n) is 10.5. The Bertz CT molecular complexity index is 1450. The first-order chi connectivity index (χ1) is 19.9. The summed E-state index contributed by atoms with van der Waals surface area (Å²) in [7, 11) is 1.55. The first kappa shape index (κ1) is 28.1. The minimum atomic E-state index is -0.828. The van der Waals surface area contributed by atoms with Crippen molar-refractivity contribution in [1.29, 1.82) is 0 Å². The van der Waals surface area contributed by atoms with Gasteiger partial charge in [-0.15, -0.1) is 0 Å². The summed E-state index contributed by atoms with van der Waals surface area (Å²) in [4.78, 5) is 28.5. The van der Waals surface area contributed by atoms with E-state index in [1.807, 2.05) is 36.4 Å². The number of hydrogen-bond acceptors (Lipinski definition) is 7. The lowest BCUT2D eigenvalue weighted by atomic mass is 9.94. The average Bonchev–Trinajstić information content (AvgIpc) is 3.24. The number of nitrogens with zero attached hydrogens (tertiary/aromatic N) is 1. The number of carbonyl (C=O) groups excluding carboxylic acids is 2. The van der Waals surface area contributed by atoms with Crippen LogP contribution in [0, 0.1) is 5.92 Å². The van der Waals surface area contributed by atoms with Gasteiger partial charge in [-0.2, -0.15) is 0 Å². The molecule has 2 aliphatic rings. The van der Waals surface area contributed by atoms with Crippen molar-refractivity contribution in [2.45, 2.75) is 32.7 Å². The maximum absolute atomic E-state index is 13.5. The first-order valence-corrected chi connectivity index (χ1v) is 13.9. The molecule has 214 valence electrons. The minimum absolute atomic E-state index is 0.00951. The lowest BCUT2D eigenvalue weighted by Gasteiger charge is -2.26. The smallest absolute Gasteiger partial charge is 0.295 e. The van der Waals surface area contributed by atoms with Crippen molar-refractivity contribution in [2.75, 3.05) is 33.5 Å². The number of ether oxygens (including phenoxy) is 4. The Morgan fingerprint density at radius 1 is 0.976 bits per heavy atom. The molecule has 3 aromatic carbocycles. The molecule has 3 aromatic rings. The number of likely N-dealkylation sites (tertiary alicyclic amines) is 1. The number of rotatable bonds is 10. The number of Topliss-reactive ketones (excluding diaryl/α,β-unsaturated/α-hetero) is 1. The van der Waals surface area contributed by atoms with Gasteiger partial charge in [0, 0.05) is 12.1 Å². The van der Waals surface area contributed by atoms with Crippen LogP contribution in [0.3, 0.4) is 0 Å². The number of methoxy groups -OCH3 is 1. The summed E-state index contributed by atoms with van der Waals surface area (Å²) in [6.07, 6.45) is 1.43. The van der Waals surface area contributed by atoms with E-state index < -0.39 is 17.7 Å². The van der Waals surface area contributed by atoms with Crippen LogP contribution in [-0.4, -0.2) is 55.2 Å². The highest BCUT2D eigenvalue weighted by Crippen LogP contribution is 2.43. The van der Waals surface area contributed by atoms with E-state index in [2.05, 4.69) is 13.8 Å². The van der Waals surface area contributed by atoms with Crippen LogP contribution in [0.25, 0.3) is 5.76 Å². The molecule has 8 nitrogen and oxygen atoms in total. The van der Waals surface area contributed by atoms with E-state index in [0.717, 1.165) is 12.0 Å². The van der Waals surface area contributed by atoms with Crippen molar-refractivity contribution in [3.05, 3.63) is 89.0 Å². The highest BCUT2D eigenvalue weighted by atomic mass is 16.6. The molecule has 0 unspecified atom stereocenters. The SMILES string of the molecule is COc1cc([C@H]2/C(=C(\O)c3ccc4c(c3)OCCO4)C(=O)C(=O)N2CCc2ccccc2)ccc1OCCC(C)C. The molecule has 0 bridgehead atoms. The van der Waals surface area contributed by atoms with Gasteiger partial charge in [0.2, 0.25) is 0 Å². The van der Waals surface area contributed by atoms with Gasteiger partial charge in [0.25, 0.3) is 11.7 Å². The molecule has 8 heteroatoms. The summed E-state index contributed by atoms with van der Waals surface area (Å²) in [6, 6.07) is 19.3. The Morgan fingerprint density at radius 2 is 1.73 bits per heavy atom. The van der Waals surface area contributed by atoms with Gasteiger partial charge in [0.1, 0.15) is 19.0 Å². The monoisotopic (exact) mass is 557 g/mol. The second-order valence-corrected chi connectivity index (χ2v) is 10.5. The molecule has 1 amide bonds. The Balaban J connectivity index is 1.55. The standard InChI is InChI=1S/C33H35NO7/c1-21(2)14-16-39-25-11-9-23(19-27(25)38-3)30-29(31(35)24-10-12-26-28(20-24)41-18-17-40-26)32(36)33(37)34(30)15-13-22-7-5-4-6-8-22/h4-12,19-21,30,35H,13-18H2,1-3H3/b31-29+/t30-/m0/s1. The molecule has 1 fully saturated rings. The number of aliphatic hydroxyl groups is 1. The van der Waals surface area contributed by atoms with E-state index in [1.165, 1.54) is 4.90 Å². The van der Waals surface area contributed by atoms with Crippen LogP contribution in [0.5, 0.6) is 23.0 Å². The Labute approximate surface area is 240 Å². The number of amides is 1. The zero-order chi connectivity index (χ0) is 28.9. The largest absolute Gasteiger partial charge is 0.507 e. The summed E-state index contributed by atoms with van der Waals surface area (Å²) in [5.74, 6) is 0.899. The molecule has 0 radical (unpaired) electrons. The lowest BCUT2D eigenvalue weighted by Crippen LogP contribution is -2.31. The number of benzene rings is 3. The van der Waals surface area contributed by atoms with Crippen molar-refractivity contribution < 1.29 is 33.6 Å². The van der Waals surface area contributed by atoms with Gasteiger partial charge in [0.05, 0.1) is 25.3 Å². The molecule has 0 spiro atoms. The van der Waals surface area contributed by atoms with Gasteiger partial charge in [-0.05, 0) is 60.2 Å². The van der Waals surface area contributed by atoms with Crippen LogP contribution >= 0.6 is 0 Å². The number of ketones is 1. The van der Waals surface area contributed by atoms with Crippen molar-refractivity contribution in [1.82, 2.24) is 4.90 Å². The summed E-state index contributed by atoms with van der Waals surface area (Å²) < 4.78 is 22.9. The van der Waals surface area contributed by atoms with Crippen LogP contribution < -0.4 is 18.9 Å². The summed E-state index contributed by atoms with van der Waals surface area (Å²) >= 11 is 0. The van der Waals surface area contributed by atoms with Gasteiger partial charge in [-0.25, -0.2) is 0 Å². The van der Waals surface area contributed by atoms with Crippen LogP contribution in [0.2, 0.25) is 0 Å². The second kappa shape index (κ2) is 12.4. The molecule has 0 aliphatic carbocycles. The molecule has 2 aliphatic heterocycles. The normalized spacial score (nSPS) is 17.7. The molecule has 0 saturated carbocycles. The Hall–Kier alpha value is -4.46. The van der Waals surface area contributed by atoms with Crippen molar-refractivity contribution in [3.8, 4) is 23.0 Å². The van der Waals surface area contributed by atoms with Gasteiger partial charge in [-0.3, -0.25) is 9.59 Å². The van der Waals surface area contributed by atoms with Crippen LogP contribution in [0.15, 0.2) is 72.3 Å². The number of fused-ring (bicyclic) bond motifs is 1. The summed E-state index contributed by atoms with van der Waals surface area (Å²) in [5, 5.41) is 11.5. The van der Waals surface area contributed by atoms with Crippen LogP contribution in [0.1, 0.15) is 43.0 Å². The van der Waals surface area contributed by atoms with Crippen molar-refractivity contribution in [2.24, 2.45) is 5.92 Å². The fraction of sp³-hybridized carbons (Fsp3) is 0.333. The first-order valence-electron chi connectivity index (χ1n) is 13.9.